The summed E-state index contributed by atoms with van der Waals surface area (Å²) in [4.78, 5) is 39.3. The van der Waals surface area contributed by atoms with Crippen LogP contribution in [0.2, 0.25) is 0 Å². The molecule has 0 saturated carbocycles. The van der Waals surface area contributed by atoms with Crippen LogP contribution >= 0.6 is 0 Å². The third kappa shape index (κ3) is 3.60. The lowest BCUT2D eigenvalue weighted by atomic mass is 9.82. The lowest BCUT2D eigenvalue weighted by molar-refractivity contribution is -0.161. The van der Waals surface area contributed by atoms with E-state index < -0.39 is 24.1 Å². The second kappa shape index (κ2) is 7.87. The molecule has 3 rings (SSSR count). The van der Waals surface area contributed by atoms with Gasteiger partial charge in [0.25, 0.3) is 0 Å². The molecule has 2 amide bonds. The quantitative estimate of drug-likeness (QED) is 0.519. The summed E-state index contributed by atoms with van der Waals surface area (Å²) in [5, 5.41) is 19.6. The molecule has 2 saturated heterocycles. The number of carboxylic acids is 1. The van der Waals surface area contributed by atoms with Crippen LogP contribution in [-0.4, -0.2) is 69.3 Å². The number of β-lactam (4-membered cyclic amide) rings is 1. The third-order valence-corrected chi connectivity index (χ3v) is 5.70. The van der Waals surface area contributed by atoms with Gasteiger partial charge in [0.05, 0.1) is 24.1 Å². The van der Waals surface area contributed by atoms with Gasteiger partial charge in [-0.25, -0.2) is 9.59 Å². The van der Waals surface area contributed by atoms with Crippen molar-refractivity contribution in [1.82, 2.24) is 9.80 Å². The monoisotopic (exact) mass is 402 g/mol. The van der Waals surface area contributed by atoms with Crippen LogP contribution in [0.3, 0.4) is 0 Å². The fraction of sp³-hybridized carbons (Fsp3) is 0.476. The maximum Gasteiger partial charge on any atom is 0.410 e. The van der Waals surface area contributed by atoms with E-state index in [9.17, 15) is 24.6 Å². The molecule has 0 aromatic heterocycles. The first-order valence-electron chi connectivity index (χ1n) is 9.54. The summed E-state index contributed by atoms with van der Waals surface area (Å²) >= 11 is 0. The normalized spacial score (nSPS) is 27.7. The van der Waals surface area contributed by atoms with Gasteiger partial charge in [-0.3, -0.25) is 9.69 Å². The number of likely N-dealkylation sites (tertiary alicyclic amines) is 1. The number of carboxylic acid groups (broad SMARTS) is 1. The highest BCUT2D eigenvalue weighted by Crippen LogP contribution is 2.45. The molecule has 3 aliphatic heterocycles. The zero-order chi connectivity index (χ0) is 21.5. The van der Waals surface area contributed by atoms with Crippen molar-refractivity contribution in [2.24, 2.45) is 5.92 Å². The topological polar surface area (TPSA) is 107 Å². The van der Waals surface area contributed by atoms with Crippen molar-refractivity contribution in [1.29, 1.82) is 0 Å². The van der Waals surface area contributed by atoms with Crippen LogP contribution in [0, 0.1) is 5.92 Å². The van der Waals surface area contributed by atoms with Gasteiger partial charge >= 0.3 is 12.1 Å². The number of nitrogens with zero attached hydrogens (tertiary/aromatic N) is 2. The van der Waals surface area contributed by atoms with Gasteiger partial charge < -0.3 is 19.8 Å². The minimum atomic E-state index is -1.18. The summed E-state index contributed by atoms with van der Waals surface area (Å²) in [6, 6.07) is -0.655. The summed E-state index contributed by atoms with van der Waals surface area (Å²) in [5.41, 5.74) is 2.08. The van der Waals surface area contributed by atoms with Crippen molar-refractivity contribution >= 4 is 18.0 Å². The van der Waals surface area contributed by atoms with Crippen LogP contribution in [0.25, 0.3) is 0 Å². The number of amides is 2. The number of aliphatic carboxylic acids is 1. The maximum absolute atomic E-state index is 12.4. The lowest BCUT2D eigenvalue weighted by Gasteiger charge is -2.44. The molecule has 3 aliphatic rings. The maximum atomic E-state index is 12.4. The minimum Gasteiger partial charge on any atom is -0.477 e. The van der Waals surface area contributed by atoms with E-state index in [4.69, 9.17) is 4.74 Å². The van der Waals surface area contributed by atoms with Gasteiger partial charge in [-0.15, -0.1) is 0 Å². The Morgan fingerprint density at radius 1 is 1.38 bits per heavy atom. The zero-order valence-electron chi connectivity index (χ0n) is 16.6. The molecule has 8 heteroatoms. The second-order valence-corrected chi connectivity index (χ2v) is 7.74. The Morgan fingerprint density at radius 2 is 2.07 bits per heavy atom. The molecule has 0 aromatic rings. The Labute approximate surface area is 169 Å². The van der Waals surface area contributed by atoms with E-state index in [0.717, 1.165) is 5.57 Å². The molecule has 0 aromatic carbocycles. The predicted molar refractivity (Wildman–Crippen MR) is 105 cm³/mol. The van der Waals surface area contributed by atoms with Crippen LogP contribution in [0.1, 0.15) is 26.7 Å². The lowest BCUT2D eigenvalue weighted by Crippen LogP contribution is -2.61. The number of ether oxygens (including phenoxy) is 1. The molecule has 156 valence electrons. The molecule has 29 heavy (non-hydrogen) atoms. The largest absolute Gasteiger partial charge is 0.477 e. The molecule has 4 atom stereocenters. The highest BCUT2D eigenvalue weighted by atomic mass is 16.6. The van der Waals surface area contributed by atoms with E-state index in [1.165, 1.54) is 17.9 Å². The second-order valence-electron chi connectivity index (χ2n) is 7.74. The van der Waals surface area contributed by atoms with Gasteiger partial charge in [0, 0.05) is 6.54 Å². The number of hydrogen-bond acceptors (Lipinski definition) is 5. The number of fused-ring (bicyclic) bond motifs is 1. The molecule has 8 nitrogen and oxygen atoms in total. The Bertz CT molecular complexity index is 840. The Balaban J connectivity index is 1.87. The van der Waals surface area contributed by atoms with Gasteiger partial charge in [-0.2, -0.15) is 0 Å². The van der Waals surface area contributed by atoms with Gasteiger partial charge in [-0.05, 0) is 37.8 Å². The minimum absolute atomic E-state index is 0.0387. The van der Waals surface area contributed by atoms with Crippen molar-refractivity contribution in [3.05, 3.63) is 47.7 Å². The van der Waals surface area contributed by atoms with E-state index >= 15 is 0 Å². The molecular weight excluding hydrogens is 376 g/mol. The first-order chi connectivity index (χ1) is 13.7. The predicted octanol–water partition coefficient (Wildman–Crippen LogP) is 1.84. The van der Waals surface area contributed by atoms with E-state index in [1.807, 2.05) is 6.08 Å². The van der Waals surface area contributed by atoms with Crippen LogP contribution in [0.15, 0.2) is 47.7 Å². The Hall–Kier alpha value is -2.87. The van der Waals surface area contributed by atoms with Crippen molar-refractivity contribution in [2.45, 2.75) is 44.9 Å². The average molecular weight is 402 g/mol. The van der Waals surface area contributed by atoms with E-state index in [2.05, 4.69) is 13.2 Å². The Morgan fingerprint density at radius 3 is 2.66 bits per heavy atom. The highest BCUT2D eigenvalue weighted by molar-refractivity contribution is 6.00. The highest BCUT2D eigenvalue weighted by Gasteiger charge is 2.56. The summed E-state index contributed by atoms with van der Waals surface area (Å²) in [6.45, 7) is 11.3. The molecule has 0 aliphatic carbocycles. The van der Waals surface area contributed by atoms with Crippen molar-refractivity contribution in [3.63, 3.8) is 0 Å². The summed E-state index contributed by atoms with van der Waals surface area (Å²) < 4.78 is 5.13. The summed E-state index contributed by atoms with van der Waals surface area (Å²) in [6.07, 6.45) is 2.92. The van der Waals surface area contributed by atoms with E-state index in [-0.39, 0.29) is 30.3 Å². The first kappa shape index (κ1) is 20.9. The van der Waals surface area contributed by atoms with Crippen LogP contribution in [-0.2, 0) is 14.3 Å². The fourth-order valence-electron chi connectivity index (χ4n) is 4.40. The standard InChI is InChI=1S/C21H26N2O6/c1-5-6-29-21(28)22-10-11(2)7-14(22)8-12(3)15-9-16-17(13(4)24)19(25)23(16)18(15)20(26)27/h5,8,13-14,16-17,24H,1-2,6-7,9-10H2,3-4H3,(H,26,27)/b12-8+/t13-,14+,16-,17-/m1/s1. The van der Waals surface area contributed by atoms with Crippen LogP contribution < -0.4 is 0 Å². The van der Waals surface area contributed by atoms with Crippen LogP contribution in [0.4, 0.5) is 4.79 Å². The van der Waals surface area contributed by atoms with Crippen LogP contribution in [0.5, 0.6) is 0 Å². The molecule has 3 heterocycles. The molecule has 2 N–H and O–H groups in total. The van der Waals surface area contributed by atoms with Gasteiger partial charge in [0.1, 0.15) is 12.3 Å². The molecule has 0 bridgehead atoms. The number of hydrogen-bond donors (Lipinski definition) is 2. The fourth-order valence-corrected chi connectivity index (χ4v) is 4.40. The molecule has 0 spiro atoms. The Kier molecular flexibility index (Phi) is 5.66. The number of aliphatic hydroxyl groups is 1. The number of carbonyl (C=O) groups excluding carboxylic acids is 2. The van der Waals surface area contributed by atoms with Gasteiger partial charge in [-0.1, -0.05) is 30.9 Å². The molecule has 0 unspecified atom stereocenters. The van der Waals surface area contributed by atoms with Gasteiger partial charge in [0.15, 0.2) is 0 Å². The summed E-state index contributed by atoms with van der Waals surface area (Å²) in [5.74, 6) is -2.13. The zero-order valence-corrected chi connectivity index (χ0v) is 16.6. The van der Waals surface area contributed by atoms with Crippen molar-refractivity contribution in [3.8, 4) is 0 Å². The SMILES string of the molecule is C=CCOC(=O)N1CC(=C)C[C@H]1/C=C(\C)C1=C(C(=O)O)N2C(=O)[C@H]([C@@H](C)O)[C@H]2C1. The van der Waals surface area contributed by atoms with Crippen molar-refractivity contribution in [2.75, 3.05) is 13.2 Å². The average Bonchev–Trinajstić information content (AvgIpc) is 3.17. The molecular formula is C21H26N2O6. The number of rotatable bonds is 6. The van der Waals surface area contributed by atoms with Crippen molar-refractivity contribution < 1.29 is 29.3 Å². The number of aliphatic hydroxyl groups excluding tert-OH is 1. The summed E-state index contributed by atoms with van der Waals surface area (Å²) in [7, 11) is 0. The number of allylic oxidation sites excluding steroid dienone is 1. The number of carbonyl (C=O) groups is 3. The molecule has 2 fully saturated rings. The third-order valence-electron chi connectivity index (χ3n) is 5.70. The molecule has 0 radical (unpaired) electrons. The van der Waals surface area contributed by atoms with E-state index in [1.54, 1.807) is 11.8 Å². The smallest absolute Gasteiger partial charge is 0.410 e. The van der Waals surface area contributed by atoms with Gasteiger partial charge in [0.2, 0.25) is 5.91 Å². The first-order valence-corrected chi connectivity index (χ1v) is 9.54. The van der Waals surface area contributed by atoms with E-state index in [0.29, 0.717) is 30.5 Å².